The van der Waals surface area contributed by atoms with Gasteiger partial charge >= 0.3 is 0 Å². The van der Waals surface area contributed by atoms with Gasteiger partial charge in [-0.15, -0.1) is 0 Å². The lowest BCUT2D eigenvalue weighted by Gasteiger charge is -2.27. The van der Waals surface area contributed by atoms with E-state index in [-0.39, 0.29) is 5.91 Å². The van der Waals surface area contributed by atoms with E-state index in [9.17, 15) is 4.79 Å². The molecule has 2 rings (SSSR count). The predicted molar refractivity (Wildman–Crippen MR) is 88.5 cm³/mol. The average molecular weight is 438 g/mol. The van der Waals surface area contributed by atoms with E-state index in [2.05, 4.69) is 54.1 Å². The van der Waals surface area contributed by atoms with Crippen LogP contribution in [0.1, 0.15) is 10.4 Å². The van der Waals surface area contributed by atoms with E-state index < -0.39 is 0 Å². The SMILES string of the molecule is O=C(NCCN1CCNCC1)c1cc(Br)ccc1I. The zero-order valence-corrected chi connectivity index (χ0v) is 14.3. The Morgan fingerprint density at radius 1 is 1.42 bits per heavy atom. The van der Waals surface area contributed by atoms with Gasteiger partial charge in [0.05, 0.1) is 5.56 Å². The van der Waals surface area contributed by atoms with Gasteiger partial charge in [0, 0.05) is 47.3 Å². The summed E-state index contributed by atoms with van der Waals surface area (Å²) >= 11 is 5.58. The molecule has 0 aromatic heterocycles. The smallest absolute Gasteiger partial charge is 0.252 e. The van der Waals surface area contributed by atoms with E-state index in [4.69, 9.17) is 0 Å². The van der Waals surface area contributed by atoms with Crippen molar-refractivity contribution in [3.05, 3.63) is 31.8 Å². The Labute approximate surface area is 135 Å². The molecule has 1 fully saturated rings. The van der Waals surface area contributed by atoms with E-state index in [1.807, 2.05) is 18.2 Å². The molecule has 0 atom stereocenters. The first-order valence-electron chi connectivity index (χ1n) is 6.33. The van der Waals surface area contributed by atoms with Crippen LogP contribution in [-0.2, 0) is 0 Å². The van der Waals surface area contributed by atoms with Crippen LogP contribution in [0.4, 0.5) is 0 Å². The van der Waals surface area contributed by atoms with Gasteiger partial charge in [0.1, 0.15) is 0 Å². The highest BCUT2D eigenvalue weighted by Gasteiger charge is 2.12. The van der Waals surface area contributed by atoms with Gasteiger partial charge in [-0.3, -0.25) is 9.69 Å². The summed E-state index contributed by atoms with van der Waals surface area (Å²) in [5, 5.41) is 6.31. The molecule has 1 aromatic rings. The van der Waals surface area contributed by atoms with Crippen molar-refractivity contribution >= 4 is 44.4 Å². The van der Waals surface area contributed by atoms with E-state index in [1.165, 1.54) is 0 Å². The van der Waals surface area contributed by atoms with Crippen molar-refractivity contribution in [3.63, 3.8) is 0 Å². The quantitative estimate of drug-likeness (QED) is 0.704. The molecule has 4 nitrogen and oxygen atoms in total. The van der Waals surface area contributed by atoms with Gasteiger partial charge in [0.15, 0.2) is 0 Å². The molecule has 19 heavy (non-hydrogen) atoms. The summed E-state index contributed by atoms with van der Waals surface area (Å²) < 4.78 is 1.90. The molecule has 1 heterocycles. The number of carbonyl (C=O) groups is 1. The zero-order chi connectivity index (χ0) is 13.7. The minimum absolute atomic E-state index is 0.000773. The van der Waals surface area contributed by atoms with E-state index in [1.54, 1.807) is 0 Å². The van der Waals surface area contributed by atoms with Crippen molar-refractivity contribution in [1.82, 2.24) is 15.5 Å². The molecule has 1 aliphatic rings. The molecular weight excluding hydrogens is 421 g/mol. The molecular formula is C13H17BrIN3O. The summed E-state index contributed by atoms with van der Waals surface area (Å²) in [6.07, 6.45) is 0. The number of rotatable bonds is 4. The van der Waals surface area contributed by atoms with Crippen LogP contribution in [0.15, 0.2) is 22.7 Å². The lowest BCUT2D eigenvalue weighted by Crippen LogP contribution is -2.46. The number of amides is 1. The number of carbonyl (C=O) groups excluding carboxylic acids is 1. The lowest BCUT2D eigenvalue weighted by atomic mass is 10.2. The topological polar surface area (TPSA) is 44.4 Å². The Hall–Kier alpha value is -0.180. The molecule has 0 bridgehead atoms. The van der Waals surface area contributed by atoms with Crippen LogP contribution in [0, 0.1) is 3.57 Å². The number of halogens is 2. The van der Waals surface area contributed by atoms with E-state index in [0.717, 1.165) is 46.3 Å². The van der Waals surface area contributed by atoms with E-state index in [0.29, 0.717) is 6.54 Å². The fourth-order valence-corrected chi connectivity index (χ4v) is 2.97. The van der Waals surface area contributed by atoms with Gasteiger partial charge in [-0.05, 0) is 40.8 Å². The summed E-state index contributed by atoms with van der Waals surface area (Å²) in [6, 6.07) is 5.75. The van der Waals surface area contributed by atoms with Crippen molar-refractivity contribution < 1.29 is 4.79 Å². The molecule has 0 unspecified atom stereocenters. The van der Waals surface area contributed by atoms with Crippen molar-refractivity contribution in [2.75, 3.05) is 39.3 Å². The maximum atomic E-state index is 12.1. The second-order valence-electron chi connectivity index (χ2n) is 4.47. The molecule has 1 aliphatic heterocycles. The Morgan fingerprint density at radius 2 is 2.16 bits per heavy atom. The predicted octanol–water partition coefficient (Wildman–Crippen LogP) is 1.69. The number of nitrogens with one attached hydrogen (secondary N) is 2. The lowest BCUT2D eigenvalue weighted by molar-refractivity contribution is 0.0946. The molecule has 104 valence electrons. The standard InChI is InChI=1S/C13H17BrIN3O/c14-10-1-2-12(15)11(9-10)13(19)17-5-8-18-6-3-16-4-7-18/h1-2,9,16H,3-8H2,(H,17,19). The van der Waals surface area contributed by atoms with Crippen LogP contribution in [0.2, 0.25) is 0 Å². The molecule has 1 amide bonds. The van der Waals surface area contributed by atoms with Crippen LogP contribution in [0.3, 0.4) is 0 Å². The largest absolute Gasteiger partial charge is 0.351 e. The van der Waals surface area contributed by atoms with Crippen LogP contribution < -0.4 is 10.6 Å². The fraction of sp³-hybridized carbons (Fsp3) is 0.462. The van der Waals surface area contributed by atoms with Gasteiger partial charge in [0.2, 0.25) is 0 Å². The Balaban J connectivity index is 1.82. The Kier molecular flexibility index (Phi) is 6.06. The maximum Gasteiger partial charge on any atom is 0.252 e. The third-order valence-corrected chi connectivity index (χ3v) is 4.53. The number of nitrogens with zero attached hydrogens (tertiary/aromatic N) is 1. The zero-order valence-electron chi connectivity index (χ0n) is 10.6. The Morgan fingerprint density at radius 3 is 2.89 bits per heavy atom. The van der Waals surface area contributed by atoms with Crippen LogP contribution in [0.5, 0.6) is 0 Å². The van der Waals surface area contributed by atoms with Crippen molar-refractivity contribution in [2.24, 2.45) is 0 Å². The molecule has 0 saturated carbocycles. The first-order chi connectivity index (χ1) is 9.16. The van der Waals surface area contributed by atoms with Gasteiger partial charge in [-0.25, -0.2) is 0 Å². The Bertz CT molecular complexity index is 450. The van der Waals surface area contributed by atoms with E-state index >= 15 is 0 Å². The average Bonchev–Trinajstić information content (AvgIpc) is 2.42. The van der Waals surface area contributed by atoms with Gasteiger partial charge in [0.25, 0.3) is 5.91 Å². The highest BCUT2D eigenvalue weighted by molar-refractivity contribution is 14.1. The third-order valence-electron chi connectivity index (χ3n) is 3.10. The number of hydrogen-bond donors (Lipinski definition) is 2. The third kappa shape index (κ3) is 4.70. The highest BCUT2D eigenvalue weighted by Crippen LogP contribution is 2.18. The molecule has 2 N–H and O–H groups in total. The molecule has 0 aliphatic carbocycles. The van der Waals surface area contributed by atoms with Crippen molar-refractivity contribution in [2.45, 2.75) is 0 Å². The normalized spacial score (nSPS) is 16.3. The molecule has 6 heteroatoms. The molecule has 0 radical (unpaired) electrons. The van der Waals surface area contributed by atoms with Gasteiger partial charge < -0.3 is 10.6 Å². The minimum Gasteiger partial charge on any atom is -0.351 e. The second-order valence-corrected chi connectivity index (χ2v) is 6.55. The number of hydrogen-bond acceptors (Lipinski definition) is 3. The number of benzene rings is 1. The number of piperazine rings is 1. The fourth-order valence-electron chi connectivity index (χ4n) is 2.03. The van der Waals surface area contributed by atoms with Gasteiger partial charge in [-0.1, -0.05) is 15.9 Å². The molecule has 1 saturated heterocycles. The summed E-state index contributed by atoms with van der Waals surface area (Å²) in [4.78, 5) is 14.5. The van der Waals surface area contributed by atoms with Crippen LogP contribution in [0.25, 0.3) is 0 Å². The van der Waals surface area contributed by atoms with Crippen molar-refractivity contribution in [1.29, 1.82) is 0 Å². The highest BCUT2D eigenvalue weighted by atomic mass is 127. The molecule has 1 aromatic carbocycles. The first-order valence-corrected chi connectivity index (χ1v) is 8.20. The maximum absolute atomic E-state index is 12.1. The molecule has 0 spiro atoms. The van der Waals surface area contributed by atoms with Gasteiger partial charge in [-0.2, -0.15) is 0 Å². The summed E-state index contributed by atoms with van der Waals surface area (Å²) in [5.74, 6) is 0.000773. The second kappa shape index (κ2) is 7.56. The van der Waals surface area contributed by atoms with Crippen LogP contribution in [-0.4, -0.2) is 50.1 Å². The summed E-state index contributed by atoms with van der Waals surface area (Å²) in [6.45, 7) is 5.81. The van der Waals surface area contributed by atoms with Crippen LogP contribution >= 0.6 is 38.5 Å². The van der Waals surface area contributed by atoms with Crippen molar-refractivity contribution in [3.8, 4) is 0 Å². The summed E-state index contributed by atoms with van der Waals surface area (Å²) in [7, 11) is 0. The minimum atomic E-state index is 0.000773. The summed E-state index contributed by atoms with van der Waals surface area (Å²) in [5.41, 5.74) is 0.732. The monoisotopic (exact) mass is 437 g/mol. The first kappa shape index (κ1) is 15.2.